The topological polar surface area (TPSA) is 46.9 Å². The maximum Gasteiger partial charge on any atom is 0.293 e. The smallest absolute Gasteiger partial charge is 0.293 e. The summed E-state index contributed by atoms with van der Waals surface area (Å²) in [6.07, 6.45) is 4.19. The molecule has 0 aliphatic rings. The average molecular weight is 286 g/mol. The first-order chi connectivity index (χ1) is 8.77. The minimum Gasteiger partial charge on any atom is -0.362 e. The Bertz CT molecular complexity index is 462. The molecule has 0 radical (unpaired) electrons. The molecule has 1 aromatic rings. The summed E-state index contributed by atoms with van der Waals surface area (Å²) >= 11 is 5.81. The molecule has 4 nitrogen and oxygen atoms in total. The van der Waals surface area contributed by atoms with Crippen molar-refractivity contribution in [2.75, 3.05) is 11.2 Å². The SMILES string of the molecule is CC(C)C(CCCl)Nc1nccn(C(C)(C)C)c1=O. The zero-order valence-electron chi connectivity index (χ0n) is 12.4. The molecule has 1 N–H and O–H groups in total. The van der Waals surface area contributed by atoms with Crippen LogP contribution in [0.4, 0.5) is 5.82 Å². The Kier molecular flexibility index (Phi) is 5.41. The molecule has 1 unspecified atom stereocenters. The highest BCUT2D eigenvalue weighted by molar-refractivity contribution is 6.17. The number of nitrogens with one attached hydrogen (secondary N) is 1. The maximum atomic E-state index is 12.4. The van der Waals surface area contributed by atoms with Crippen LogP contribution in [0.1, 0.15) is 41.0 Å². The van der Waals surface area contributed by atoms with Crippen LogP contribution in [0.25, 0.3) is 0 Å². The summed E-state index contributed by atoms with van der Waals surface area (Å²) in [5, 5.41) is 3.23. The zero-order valence-corrected chi connectivity index (χ0v) is 13.2. The van der Waals surface area contributed by atoms with Crippen LogP contribution in [0.15, 0.2) is 17.2 Å². The van der Waals surface area contributed by atoms with Gasteiger partial charge in [-0.1, -0.05) is 13.8 Å². The number of halogens is 1. The van der Waals surface area contributed by atoms with E-state index in [1.54, 1.807) is 17.0 Å². The van der Waals surface area contributed by atoms with Gasteiger partial charge in [0.2, 0.25) is 0 Å². The van der Waals surface area contributed by atoms with Crippen molar-refractivity contribution in [3.8, 4) is 0 Å². The third-order valence-corrected chi connectivity index (χ3v) is 3.33. The van der Waals surface area contributed by atoms with Gasteiger partial charge in [0.05, 0.1) is 0 Å². The number of aromatic nitrogens is 2. The predicted molar refractivity (Wildman–Crippen MR) is 81.1 cm³/mol. The molecular formula is C14H24ClN3O. The van der Waals surface area contributed by atoms with E-state index in [0.717, 1.165) is 6.42 Å². The molecule has 0 aliphatic heterocycles. The predicted octanol–water partition coefficient (Wildman–Crippen LogP) is 3.06. The molecule has 0 amide bonds. The van der Waals surface area contributed by atoms with E-state index < -0.39 is 0 Å². The van der Waals surface area contributed by atoms with Crippen LogP contribution in [0.2, 0.25) is 0 Å². The second-order valence-electron chi connectivity index (χ2n) is 6.09. The van der Waals surface area contributed by atoms with Gasteiger partial charge in [-0.2, -0.15) is 0 Å². The fourth-order valence-corrected chi connectivity index (χ4v) is 2.14. The third-order valence-electron chi connectivity index (χ3n) is 3.11. The van der Waals surface area contributed by atoms with E-state index in [4.69, 9.17) is 11.6 Å². The van der Waals surface area contributed by atoms with Gasteiger partial charge in [0.25, 0.3) is 5.56 Å². The van der Waals surface area contributed by atoms with Gasteiger partial charge in [-0.3, -0.25) is 4.79 Å². The summed E-state index contributed by atoms with van der Waals surface area (Å²) in [6.45, 7) is 10.2. The van der Waals surface area contributed by atoms with E-state index in [1.165, 1.54) is 0 Å². The lowest BCUT2D eigenvalue weighted by atomic mass is 10.0. The molecule has 1 rings (SSSR count). The lowest BCUT2D eigenvalue weighted by Crippen LogP contribution is -2.37. The van der Waals surface area contributed by atoms with Gasteiger partial charge in [0.15, 0.2) is 5.82 Å². The number of nitrogens with zero attached hydrogens (tertiary/aromatic N) is 2. The number of anilines is 1. The molecule has 5 heteroatoms. The molecule has 108 valence electrons. The van der Waals surface area contributed by atoms with E-state index >= 15 is 0 Å². The summed E-state index contributed by atoms with van der Waals surface area (Å²) in [6, 6.07) is 0.161. The minimum atomic E-state index is -0.254. The molecule has 0 bridgehead atoms. The minimum absolute atomic E-state index is 0.0878. The summed E-state index contributed by atoms with van der Waals surface area (Å²) in [5.41, 5.74) is -0.341. The Balaban J connectivity index is 3.05. The number of hydrogen-bond acceptors (Lipinski definition) is 3. The van der Waals surface area contributed by atoms with Gasteiger partial charge < -0.3 is 9.88 Å². The molecule has 1 atom stereocenters. The largest absolute Gasteiger partial charge is 0.362 e. The highest BCUT2D eigenvalue weighted by Crippen LogP contribution is 2.14. The standard InChI is InChI=1S/C14H24ClN3O/c1-10(2)11(6-7-15)17-12-13(19)18(9-8-16-12)14(3,4)5/h8-11H,6-7H2,1-5H3,(H,16,17). The first-order valence-electron chi connectivity index (χ1n) is 6.68. The summed E-state index contributed by atoms with van der Waals surface area (Å²) in [7, 11) is 0. The molecule has 0 aromatic carbocycles. The second-order valence-corrected chi connectivity index (χ2v) is 6.47. The summed E-state index contributed by atoms with van der Waals surface area (Å²) in [4.78, 5) is 16.6. The van der Waals surface area contributed by atoms with E-state index in [-0.39, 0.29) is 17.1 Å². The van der Waals surface area contributed by atoms with Crippen molar-refractivity contribution in [1.82, 2.24) is 9.55 Å². The van der Waals surface area contributed by atoms with E-state index in [0.29, 0.717) is 17.6 Å². The van der Waals surface area contributed by atoms with Crippen LogP contribution in [0, 0.1) is 5.92 Å². The fraction of sp³-hybridized carbons (Fsp3) is 0.714. The van der Waals surface area contributed by atoms with Crippen LogP contribution in [-0.4, -0.2) is 21.5 Å². The van der Waals surface area contributed by atoms with Crippen molar-refractivity contribution in [3.05, 3.63) is 22.7 Å². The maximum absolute atomic E-state index is 12.4. The monoisotopic (exact) mass is 285 g/mol. The van der Waals surface area contributed by atoms with Gasteiger partial charge in [0, 0.05) is 29.9 Å². The van der Waals surface area contributed by atoms with Crippen molar-refractivity contribution in [3.63, 3.8) is 0 Å². The van der Waals surface area contributed by atoms with Crippen molar-refractivity contribution in [2.24, 2.45) is 5.92 Å². The molecule has 1 aromatic heterocycles. The van der Waals surface area contributed by atoms with Gasteiger partial charge in [-0.05, 0) is 33.1 Å². The number of alkyl halides is 1. The third kappa shape index (κ3) is 4.23. The molecular weight excluding hydrogens is 262 g/mol. The van der Waals surface area contributed by atoms with Gasteiger partial charge in [-0.15, -0.1) is 11.6 Å². The zero-order chi connectivity index (χ0) is 14.6. The molecule has 0 fully saturated rings. The summed E-state index contributed by atoms with van der Waals surface area (Å²) < 4.78 is 1.69. The Morgan fingerprint density at radius 3 is 2.53 bits per heavy atom. The van der Waals surface area contributed by atoms with Crippen LogP contribution < -0.4 is 10.9 Å². The number of rotatable bonds is 5. The molecule has 0 spiro atoms. The average Bonchev–Trinajstić information content (AvgIpc) is 2.29. The molecule has 1 heterocycles. The molecule has 0 saturated carbocycles. The lowest BCUT2D eigenvalue weighted by Gasteiger charge is -2.25. The van der Waals surface area contributed by atoms with Crippen LogP contribution >= 0.6 is 11.6 Å². The Morgan fingerprint density at radius 1 is 1.42 bits per heavy atom. The first kappa shape index (κ1) is 16.0. The molecule has 0 aliphatic carbocycles. The van der Waals surface area contributed by atoms with Crippen molar-refractivity contribution in [1.29, 1.82) is 0 Å². The van der Waals surface area contributed by atoms with Gasteiger partial charge in [-0.25, -0.2) is 4.98 Å². The first-order valence-corrected chi connectivity index (χ1v) is 7.21. The van der Waals surface area contributed by atoms with Crippen LogP contribution in [0.5, 0.6) is 0 Å². The van der Waals surface area contributed by atoms with Crippen molar-refractivity contribution < 1.29 is 0 Å². The van der Waals surface area contributed by atoms with Crippen LogP contribution in [0.3, 0.4) is 0 Å². The van der Waals surface area contributed by atoms with Crippen molar-refractivity contribution in [2.45, 2.75) is 52.6 Å². The lowest BCUT2D eigenvalue weighted by molar-refractivity contribution is 0.382. The van der Waals surface area contributed by atoms with E-state index in [1.807, 2.05) is 20.8 Å². The Hall–Kier alpha value is -1.03. The van der Waals surface area contributed by atoms with Crippen molar-refractivity contribution >= 4 is 17.4 Å². The van der Waals surface area contributed by atoms with E-state index in [2.05, 4.69) is 24.1 Å². The van der Waals surface area contributed by atoms with Crippen LogP contribution in [-0.2, 0) is 5.54 Å². The normalized spacial score (nSPS) is 13.6. The Labute approximate surface area is 120 Å². The Morgan fingerprint density at radius 2 is 2.05 bits per heavy atom. The fourth-order valence-electron chi connectivity index (χ4n) is 1.90. The highest BCUT2D eigenvalue weighted by atomic mass is 35.5. The molecule has 0 saturated heterocycles. The van der Waals surface area contributed by atoms with Gasteiger partial charge in [0.1, 0.15) is 0 Å². The highest BCUT2D eigenvalue weighted by Gasteiger charge is 2.19. The van der Waals surface area contributed by atoms with Gasteiger partial charge >= 0.3 is 0 Å². The quantitative estimate of drug-likeness (QED) is 0.846. The molecule has 19 heavy (non-hydrogen) atoms. The summed E-state index contributed by atoms with van der Waals surface area (Å²) in [5.74, 6) is 1.36. The van der Waals surface area contributed by atoms with E-state index in [9.17, 15) is 4.79 Å². The second kappa shape index (κ2) is 6.42. The number of hydrogen-bond donors (Lipinski definition) is 1.